The van der Waals surface area contributed by atoms with Gasteiger partial charge in [-0.1, -0.05) is 0 Å². The van der Waals surface area contributed by atoms with E-state index in [1.165, 1.54) is 57.3 Å². The van der Waals surface area contributed by atoms with Crippen molar-refractivity contribution in [2.45, 2.75) is 57.4 Å². The molecular weight excluding hydrogens is 331 g/mol. The van der Waals surface area contributed by atoms with Crippen LogP contribution in [0.5, 0.6) is 5.75 Å². The Morgan fingerprint density at radius 1 is 1.27 bits per heavy atom. The molecule has 1 amide bonds. The minimum absolute atomic E-state index is 0.103. The van der Waals surface area contributed by atoms with Crippen molar-refractivity contribution in [2.24, 2.45) is 11.3 Å². The summed E-state index contributed by atoms with van der Waals surface area (Å²) in [6.45, 7) is 2.96. The monoisotopic (exact) mass is 360 g/mol. The highest BCUT2D eigenvalue weighted by Crippen LogP contribution is 2.53. The van der Waals surface area contributed by atoms with E-state index in [2.05, 4.69) is 10.6 Å². The van der Waals surface area contributed by atoms with Crippen molar-refractivity contribution in [3.8, 4) is 5.75 Å². The first-order chi connectivity index (χ1) is 12.6. The van der Waals surface area contributed by atoms with Gasteiger partial charge in [-0.25, -0.2) is 4.39 Å². The van der Waals surface area contributed by atoms with Crippen molar-refractivity contribution in [3.05, 3.63) is 29.6 Å². The molecule has 1 aromatic rings. The van der Waals surface area contributed by atoms with Crippen LogP contribution in [0.3, 0.4) is 0 Å². The summed E-state index contributed by atoms with van der Waals surface area (Å²) >= 11 is 0. The second-order valence-corrected chi connectivity index (χ2v) is 8.40. The molecule has 0 aromatic heterocycles. The highest BCUT2D eigenvalue weighted by molar-refractivity contribution is 5.95. The lowest BCUT2D eigenvalue weighted by Crippen LogP contribution is -2.45. The maximum atomic E-state index is 14.1. The molecule has 0 bridgehead atoms. The second kappa shape index (κ2) is 7.55. The van der Waals surface area contributed by atoms with E-state index in [9.17, 15) is 9.18 Å². The molecule has 2 saturated carbocycles. The van der Waals surface area contributed by atoms with Crippen molar-refractivity contribution in [2.75, 3.05) is 19.7 Å². The average Bonchev–Trinajstić information content (AvgIpc) is 3.42. The van der Waals surface area contributed by atoms with Crippen LogP contribution in [0.1, 0.15) is 61.7 Å². The summed E-state index contributed by atoms with van der Waals surface area (Å²) < 4.78 is 19.8. The van der Waals surface area contributed by atoms with Crippen LogP contribution in [0.4, 0.5) is 4.39 Å². The lowest BCUT2D eigenvalue weighted by molar-refractivity contribution is 0.0149. The Morgan fingerprint density at radius 2 is 2.04 bits per heavy atom. The van der Waals surface area contributed by atoms with Crippen LogP contribution in [-0.4, -0.2) is 31.6 Å². The van der Waals surface area contributed by atoms with Crippen molar-refractivity contribution < 1.29 is 13.9 Å². The molecule has 142 valence electrons. The van der Waals surface area contributed by atoms with Crippen molar-refractivity contribution in [1.82, 2.24) is 10.6 Å². The van der Waals surface area contributed by atoms with Gasteiger partial charge in [0.2, 0.25) is 0 Å². The van der Waals surface area contributed by atoms with E-state index >= 15 is 0 Å². The first kappa shape index (κ1) is 17.8. The van der Waals surface area contributed by atoms with Crippen LogP contribution >= 0.6 is 0 Å². The van der Waals surface area contributed by atoms with E-state index in [4.69, 9.17) is 4.74 Å². The number of carbonyl (C=O) groups excluding carboxylic acids is 1. The minimum Gasteiger partial charge on any atom is -0.493 e. The molecule has 4 nitrogen and oxygen atoms in total. The fourth-order valence-corrected chi connectivity index (χ4v) is 4.56. The van der Waals surface area contributed by atoms with Gasteiger partial charge in [-0.05, 0) is 87.9 Å². The SMILES string of the molecule is O=C(NC1CC1)c1ccc(OCCCC2CC3(CCNCC3)C2)cc1F. The van der Waals surface area contributed by atoms with Crippen LogP contribution in [0.25, 0.3) is 0 Å². The van der Waals surface area contributed by atoms with E-state index < -0.39 is 5.82 Å². The number of hydrogen-bond acceptors (Lipinski definition) is 3. The zero-order valence-electron chi connectivity index (χ0n) is 15.4. The van der Waals surface area contributed by atoms with Gasteiger partial charge in [0.05, 0.1) is 12.2 Å². The van der Waals surface area contributed by atoms with Gasteiger partial charge in [0, 0.05) is 12.1 Å². The van der Waals surface area contributed by atoms with E-state index in [0.29, 0.717) is 17.8 Å². The number of benzene rings is 1. The quantitative estimate of drug-likeness (QED) is 0.730. The van der Waals surface area contributed by atoms with Crippen LogP contribution in [0.2, 0.25) is 0 Å². The average molecular weight is 360 g/mol. The van der Waals surface area contributed by atoms with E-state index in [1.54, 1.807) is 6.07 Å². The molecule has 2 N–H and O–H groups in total. The van der Waals surface area contributed by atoms with Crippen LogP contribution < -0.4 is 15.4 Å². The number of nitrogens with one attached hydrogen (secondary N) is 2. The predicted octanol–water partition coefficient (Wildman–Crippen LogP) is 3.66. The molecule has 0 unspecified atom stereocenters. The van der Waals surface area contributed by atoms with Crippen LogP contribution in [0, 0.1) is 17.2 Å². The van der Waals surface area contributed by atoms with Gasteiger partial charge in [-0.2, -0.15) is 0 Å². The molecule has 3 aliphatic rings. The summed E-state index contributed by atoms with van der Waals surface area (Å²) in [5.41, 5.74) is 0.738. The number of rotatable bonds is 7. The topological polar surface area (TPSA) is 50.4 Å². The summed E-state index contributed by atoms with van der Waals surface area (Å²) in [5.74, 6) is 0.511. The van der Waals surface area contributed by atoms with Crippen molar-refractivity contribution in [3.63, 3.8) is 0 Å². The molecule has 1 aromatic carbocycles. The Hall–Kier alpha value is -1.62. The zero-order chi connectivity index (χ0) is 18.0. The summed E-state index contributed by atoms with van der Waals surface area (Å²) in [4.78, 5) is 11.9. The normalized spacial score (nSPS) is 22.0. The second-order valence-electron chi connectivity index (χ2n) is 8.40. The van der Waals surface area contributed by atoms with Gasteiger partial charge in [0.1, 0.15) is 11.6 Å². The summed E-state index contributed by atoms with van der Waals surface area (Å²) in [5, 5.41) is 6.25. The van der Waals surface area contributed by atoms with Gasteiger partial charge < -0.3 is 15.4 Å². The predicted molar refractivity (Wildman–Crippen MR) is 98.9 cm³/mol. The maximum Gasteiger partial charge on any atom is 0.254 e. The summed E-state index contributed by atoms with van der Waals surface area (Å²) in [6.07, 6.45) is 9.59. The third kappa shape index (κ3) is 4.20. The molecule has 3 fully saturated rings. The highest BCUT2D eigenvalue weighted by Gasteiger charge is 2.43. The molecule has 26 heavy (non-hydrogen) atoms. The zero-order valence-corrected chi connectivity index (χ0v) is 15.4. The smallest absolute Gasteiger partial charge is 0.254 e. The van der Waals surface area contributed by atoms with Gasteiger partial charge in [-0.3, -0.25) is 4.79 Å². The molecule has 1 heterocycles. The van der Waals surface area contributed by atoms with Gasteiger partial charge >= 0.3 is 0 Å². The minimum atomic E-state index is -0.507. The fraction of sp³-hybridized carbons (Fsp3) is 0.667. The summed E-state index contributed by atoms with van der Waals surface area (Å²) in [6, 6.07) is 4.77. The number of amides is 1. The van der Waals surface area contributed by atoms with E-state index in [-0.39, 0.29) is 17.5 Å². The van der Waals surface area contributed by atoms with Crippen molar-refractivity contribution in [1.29, 1.82) is 0 Å². The molecule has 5 heteroatoms. The summed E-state index contributed by atoms with van der Waals surface area (Å²) in [7, 11) is 0. The molecule has 0 radical (unpaired) electrons. The third-order valence-electron chi connectivity index (χ3n) is 6.23. The van der Waals surface area contributed by atoms with Crippen LogP contribution in [-0.2, 0) is 0 Å². The molecule has 1 aliphatic heterocycles. The maximum absolute atomic E-state index is 14.1. The number of ether oxygens (including phenoxy) is 1. The third-order valence-corrected chi connectivity index (χ3v) is 6.23. The molecule has 1 saturated heterocycles. The van der Waals surface area contributed by atoms with Gasteiger partial charge in [0.15, 0.2) is 0 Å². The number of halogens is 1. The number of hydrogen-bond donors (Lipinski definition) is 2. The Morgan fingerprint density at radius 3 is 2.73 bits per heavy atom. The Bertz CT molecular complexity index is 645. The standard InChI is InChI=1S/C21H29FN2O2/c22-19-12-17(5-6-18(19)20(25)24-16-3-4-16)26-11-1-2-15-13-21(14-15)7-9-23-10-8-21/h5-6,12,15-16,23H,1-4,7-11,13-14H2,(H,24,25). The molecule has 1 spiro atoms. The van der Waals surface area contributed by atoms with E-state index in [0.717, 1.165) is 25.2 Å². The lowest BCUT2D eigenvalue weighted by atomic mass is 9.57. The highest BCUT2D eigenvalue weighted by atomic mass is 19.1. The molecule has 2 aliphatic carbocycles. The Balaban J connectivity index is 1.17. The Kier molecular flexibility index (Phi) is 5.16. The van der Waals surface area contributed by atoms with Crippen LogP contribution in [0.15, 0.2) is 18.2 Å². The first-order valence-corrected chi connectivity index (χ1v) is 10.1. The molecular formula is C21H29FN2O2. The molecule has 0 atom stereocenters. The van der Waals surface area contributed by atoms with E-state index in [1.807, 2.05) is 0 Å². The first-order valence-electron chi connectivity index (χ1n) is 10.1. The lowest BCUT2D eigenvalue weighted by Gasteiger charge is -2.50. The fourth-order valence-electron chi connectivity index (χ4n) is 4.56. The number of carbonyl (C=O) groups is 1. The Labute approximate surface area is 154 Å². The molecule has 4 rings (SSSR count). The van der Waals surface area contributed by atoms with Crippen molar-refractivity contribution >= 4 is 5.91 Å². The van der Waals surface area contributed by atoms with Gasteiger partial charge in [-0.15, -0.1) is 0 Å². The van der Waals surface area contributed by atoms with Gasteiger partial charge in [0.25, 0.3) is 5.91 Å². The number of piperidine rings is 1. The largest absolute Gasteiger partial charge is 0.493 e.